The summed E-state index contributed by atoms with van der Waals surface area (Å²) in [6, 6.07) is 0. The van der Waals surface area contributed by atoms with Gasteiger partial charge in [-0.3, -0.25) is 4.79 Å². The molecule has 5 nitrogen and oxygen atoms in total. The number of carbonyl (C=O) groups excluding carboxylic acids is 1. The highest BCUT2D eigenvalue weighted by molar-refractivity contribution is 5.79. The lowest BCUT2D eigenvalue weighted by molar-refractivity contribution is -0.124. The van der Waals surface area contributed by atoms with E-state index in [0.717, 1.165) is 39.1 Å². The van der Waals surface area contributed by atoms with Crippen LogP contribution < -0.4 is 10.6 Å². The molecular weight excluding hydrogens is 252 g/mol. The minimum Gasteiger partial charge on any atom is -0.356 e. The molecule has 0 bridgehead atoms. The first-order valence-corrected chi connectivity index (χ1v) is 8.12. The van der Waals surface area contributed by atoms with Crippen molar-refractivity contribution >= 4 is 5.91 Å². The van der Waals surface area contributed by atoms with Gasteiger partial charge in [-0.25, -0.2) is 0 Å². The fourth-order valence-corrected chi connectivity index (χ4v) is 3.09. The number of likely N-dealkylation sites (N-methyl/N-ethyl adjacent to an activating group) is 1. The predicted molar refractivity (Wildman–Crippen MR) is 81.7 cm³/mol. The summed E-state index contributed by atoms with van der Waals surface area (Å²) in [6.07, 6.45) is 0.985. The second-order valence-corrected chi connectivity index (χ2v) is 6.27. The highest BCUT2D eigenvalue weighted by Gasteiger charge is 2.23. The second kappa shape index (κ2) is 7.96. The van der Waals surface area contributed by atoms with Gasteiger partial charge < -0.3 is 20.4 Å². The van der Waals surface area contributed by atoms with Crippen LogP contribution >= 0.6 is 0 Å². The molecule has 2 aliphatic heterocycles. The van der Waals surface area contributed by atoms with Gasteiger partial charge in [0.05, 0.1) is 5.92 Å². The molecule has 2 rings (SSSR count). The lowest BCUT2D eigenvalue weighted by Crippen LogP contribution is -2.48. The highest BCUT2D eigenvalue weighted by Crippen LogP contribution is 2.08. The van der Waals surface area contributed by atoms with Crippen molar-refractivity contribution in [2.24, 2.45) is 11.8 Å². The molecule has 2 N–H and O–H groups in total. The van der Waals surface area contributed by atoms with Gasteiger partial charge in [0.15, 0.2) is 0 Å². The number of nitrogens with one attached hydrogen (secondary N) is 2. The average molecular weight is 282 g/mol. The van der Waals surface area contributed by atoms with E-state index in [0.29, 0.717) is 5.92 Å². The number of nitrogens with zero attached hydrogens (tertiary/aromatic N) is 2. The molecule has 2 aliphatic rings. The maximum absolute atomic E-state index is 12.0. The quantitative estimate of drug-likeness (QED) is 0.719. The molecule has 0 aromatic heterocycles. The fourth-order valence-electron chi connectivity index (χ4n) is 3.09. The third-order valence-electron chi connectivity index (χ3n) is 4.54. The van der Waals surface area contributed by atoms with Crippen LogP contribution in [0.3, 0.4) is 0 Å². The number of hydrogen-bond donors (Lipinski definition) is 2. The maximum Gasteiger partial charge on any atom is 0.224 e. The minimum atomic E-state index is 0.190. The first kappa shape index (κ1) is 15.7. The fraction of sp³-hybridized carbons (Fsp3) is 0.933. The first-order chi connectivity index (χ1) is 9.69. The van der Waals surface area contributed by atoms with Crippen LogP contribution in [0.1, 0.15) is 20.3 Å². The third kappa shape index (κ3) is 4.72. The summed E-state index contributed by atoms with van der Waals surface area (Å²) in [6.45, 7) is 14.1. The van der Waals surface area contributed by atoms with Gasteiger partial charge in [0.2, 0.25) is 5.91 Å². The zero-order chi connectivity index (χ0) is 14.4. The van der Waals surface area contributed by atoms with E-state index in [-0.39, 0.29) is 11.8 Å². The van der Waals surface area contributed by atoms with Crippen LogP contribution in [-0.4, -0.2) is 74.6 Å². The summed E-state index contributed by atoms with van der Waals surface area (Å²) in [5.74, 6) is 0.953. The number of hydrogen-bond acceptors (Lipinski definition) is 4. The Morgan fingerprint density at radius 3 is 2.60 bits per heavy atom. The summed E-state index contributed by atoms with van der Waals surface area (Å²) in [4.78, 5) is 17.0. The van der Waals surface area contributed by atoms with Crippen LogP contribution in [0.5, 0.6) is 0 Å². The molecule has 0 radical (unpaired) electrons. The number of amides is 1. The van der Waals surface area contributed by atoms with Crippen molar-refractivity contribution in [1.82, 2.24) is 20.4 Å². The lowest BCUT2D eigenvalue weighted by atomic mass is 10.1. The molecule has 0 aromatic carbocycles. The summed E-state index contributed by atoms with van der Waals surface area (Å²) in [5, 5.41) is 6.36. The molecule has 20 heavy (non-hydrogen) atoms. The van der Waals surface area contributed by atoms with E-state index >= 15 is 0 Å². The van der Waals surface area contributed by atoms with Crippen LogP contribution in [0, 0.1) is 11.8 Å². The third-order valence-corrected chi connectivity index (χ3v) is 4.54. The Kier molecular flexibility index (Phi) is 6.26. The van der Waals surface area contributed by atoms with E-state index in [2.05, 4.69) is 34.3 Å². The van der Waals surface area contributed by atoms with Crippen molar-refractivity contribution in [1.29, 1.82) is 0 Å². The van der Waals surface area contributed by atoms with Crippen LogP contribution in [-0.2, 0) is 4.79 Å². The van der Waals surface area contributed by atoms with Crippen molar-refractivity contribution in [2.75, 3.05) is 58.9 Å². The van der Waals surface area contributed by atoms with Crippen molar-refractivity contribution in [3.8, 4) is 0 Å². The monoisotopic (exact) mass is 282 g/mol. The Labute approximate surface area is 123 Å². The SMILES string of the molecule is CCN1CCN(CC(C)CNC(=O)C2CCNC2)CC1. The highest BCUT2D eigenvalue weighted by atomic mass is 16.1. The van der Waals surface area contributed by atoms with E-state index < -0.39 is 0 Å². The summed E-state index contributed by atoms with van der Waals surface area (Å²) >= 11 is 0. The Hall–Kier alpha value is -0.650. The van der Waals surface area contributed by atoms with E-state index in [1.165, 1.54) is 26.2 Å². The van der Waals surface area contributed by atoms with Crippen LogP contribution in [0.4, 0.5) is 0 Å². The molecule has 5 heteroatoms. The first-order valence-electron chi connectivity index (χ1n) is 8.12. The van der Waals surface area contributed by atoms with Crippen LogP contribution in [0.2, 0.25) is 0 Å². The van der Waals surface area contributed by atoms with Gasteiger partial charge in [0.25, 0.3) is 0 Å². The van der Waals surface area contributed by atoms with Gasteiger partial charge in [0.1, 0.15) is 0 Å². The van der Waals surface area contributed by atoms with Crippen molar-refractivity contribution in [3.63, 3.8) is 0 Å². The Morgan fingerprint density at radius 2 is 2.00 bits per heavy atom. The van der Waals surface area contributed by atoms with Crippen molar-refractivity contribution in [3.05, 3.63) is 0 Å². The average Bonchev–Trinajstić information content (AvgIpc) is 3.00. The number of rotatable bonds is 6. The van der Waals surface area contributed by atoms with Crippen LogP contribution in [0.25, 0.3) is 0 Å². The summed E-state index contributed by atoms with van der Waals surface area (Å²) < 4.78 is 0. The molecule has 0 saturated carbocycles. The molecule has 2 saturated heterocycles. The molecule has 2 unspecified atom stereocenters. The molecule has 2 heterocycles. The van der Waals surface area contributed by atoms with E-state index in [4.69, 9.17) is 0 Å². The molecular formula is C15H30N4O. The molecule has 2 atom stereocenters. The predicted octanol–water partition coefficient (Wildman–Crippen LogP) is -0.0143. The zero-order valence-corrected chi connectivity index (χ0v) is 13.0. The van der Waals surface area contributed by atoms with Crippen molar-refractivity contribution < 1.29 is 4.79 Å². The Balaban J connectivity index is 1.60. The molecule has 0 spiro atoms. The van der Waals surface area contributed by atoms with Gasteiger partial charge in [-0.1, -0.05) is 13.8 Å². The van der Waals surface area contributed by atoms with Gasteiger partial charge in [-0.2, -0.15) is 0 Å². The minimum absolute atomic E-state index is 0.190. The molecule has 2 fully saturated rings. The van der Waals surface area contributed by atoms with E-state index in [1.54, 1.807) is 0 Å². The lowest BCUT2D eigenvalue weighted by Gasteiger charge is -2.35. The molecule has 0 aliphatic carbocycles. The number of piperazine rings is 1. The normalized spacial score (nSPS) is 26.6. The topological polar surface area (TPSA) is 47.6 Å². The van der Waals surface area contributed by atoms with Gasteiger partial charge in [-0.05, 0) is 25.4 Å². The molecule has 0 aromatic rings. The van der Waals surface area contributed by atoms with Gasteiger partial charge in [-0.15, -0.1) is 0 Å². The zero-order valence-electron chi connectivity index (χ0n) is 13.0. The van der Waals surface area contributed by atoms with Gasteiger partial charge >= 0.3 is 0 Å². The Bertz CT molecular complexity index is 296. The summed E-state index contributed by atoms with van der Waals surface area (Å²) in [5.41, 5.74) is 0. The molecule has 116 valence electrons. The maximum atomic E-state index is 12.0. The summed E-state index contributed by atoms with van der Waals surface area (Å²) in [7, 11) is 0. The smallest absolute Gasteiger partial charge is 0.224 e. The number of carbonyl (C=O) groups is 1. The largest absolute Gasteiger partial charge is 0.356 e. The molecule has 1 amide bonds. The van der Waals surface area contributed by atoms with E-state index in [9.17, 15) is 4.79 Å². The Morgan fingerprint density at radius 1 is 1.30 bits per heavy atom. The van der Waals surface area contributed by atoms with Crippen molar-refractivity contribution in [2.45, 2.75) is 20.3 Å². The standard InChI is InChI=1S/C15H30N4O/c1-3-18-6-8-19(9-7-18)12-13(2)10-17-15(20)14-4-5-16-11-14/h13-14,16H,3-12H2,1-2H3,(H,17,20). The van der Waals surface area contributed by atoms with Gasteiger partial charge in [0, 0.05) is 45.8 Å². The second-order valence-electron chi connectivity index (χ2n) is 6.27. The van der Waals surface area contributed by atoms with Crippen LogP contribution in [0.15, 0.2) is 0 Å². The van der Waals surface area contributed by atoms with E-state index in [1.807, 2.05) is 0 Å².